The fourth-order valence-electron chi connectivity index (χ4n) is 3.02. The molecular weight excluding hydrogens is 434 g/mol. The number of carbonyl (C=O) groups is 2. The van der Waals surface area contributed by atoms with Gasteiger partial charge in [0, 0.05) is 17.7 Å². The number of unbranched alkanes of at least 4 members (excludes halogenated alkanes) is 2. The summed E-state index contributed by atoms with van der Waals surface area (Å²) in [6, 6.07) is 11.0. The number of rotatable bonds is 9. The number of esters is 1. The van der Waals surface area contributed by atoms with Crippen molar-refractivity contribution in [2.75, 3.05) is 13.7 Å². The van der Waals surface area contributed by atoms with Crippen LogP contribution in [-0.2, 0) is 16.1 Å². The van der Waals surface area contributed by atoms with Crippen molar-refractivity contribution in [1.29, 1.82) is 0 Å². The quantitative estimate of drug-likeness (QED) is 0.207. The lowest BCUT2D eigenvalue weighted by molar-refractivity contribution is -0.384. The summed E-state index contributed by atoms with van der Waals surface area (Å²) in [6.45, 7) is 2.50. The third kappa shape index (κ3) is 5.58. The molecule has 0 aliphatic carbocycles. The van der Waals surface area contributed by atoms with E-state index in [1.807, 2.05) is 0 Å². The Bertz CT molecular complexity index is 1210. The minimum atomic E-state index is -0.528. The Morgan fingerprint density at radius 2 is 2.00 bits per heavy atom. The van der Waals surface area contributed by atoms with Gasteiger partial charge < -0.3 is 14.0 Å². The average molecular weight is 458 g/mol. The lowest BCUT2D eigenvalue weighted by atomic mass is 10.2. The molecular formula is C22H23N3O6S. The molecule has 3 rings (SSSR count). The minimum absolute atomic E-state index is 0.0882. The molecule has 0 saturated heterocycles. The minimum Gasteiger partial charge on any atom is -0.494 e. The van der Waals surface area contributed by atoms with E-state index >= 15 is 0 Å². The molecule has 0 bridgehead atoms. The standard InChI is InChI=1S/C22H23N3O6S/c1-3-4-5-11-31-17-8-6-7-15(12-17)21(27)23-22-24(14-20(26)30-2)18-10-9-16(25(28)29)13-19(18)32-22/h6-10,12-13H,3-5,11,14H2,1-2H3. The van der Waals surface area contributed by atoms with Crippen molar-refractivity contribution in [3.8, 4) is 5.75 Å². The molecule has 0 radical (unpaired) electrons. The molecule has 10 heteroatoms. The zero-order valence-corrected chi connectivity index (χ0v) is 18.6. The predicted octanol–water partition coefficient (Wildman–Crippen LogP) is 4.09. The van der Waals surface area contributed by atoms with E-state index in [9.17, 15) is 19.7 Å². The van der Waals surface area contributed by atoms with Gasteiger partial charge in [-0.05, 0) is 30.7 Å². The van der Waals surface area contributed by atoms with Gasteiger partial charge in [0.1, 0.15) is 12.3 Å². The molecule has 0 N–H and O–H groups in total. The van der Waals surface area contributed by atoms with E-state index in [4.69, 9.17) is 9.47 Å². The number of thiazole rings is 1. The second-order valence-electron chi connectivity index (χ2n) is 6.96. The van der Waals surface area contributed by atoms with E-state index in [-0.39, 0.29) is 17.0 Å². The topological polar surface area (TPSA) is 113 Å². The Kier molecular flexibility index (Phi) is 7.72. The lowest BCUT2D eigenvalue weighted by Gasteiger charge is -2.06. The first kappa shape index (κ1) is 23.1. The molecule has 168 valence electrons. The molecule has 0 spiro atoms. The summed E-state index contributed by atoms with van der Waals surface area (Å²) in [7, 11) is 1.26. The van der Waals surface area contributed by atoms with Gasteiger partial charge in [-0.2, -0.15) is 4.99 Å². The SMILES string of the molecule is CCCCCOc1cccc(C(=O)N=c2sc3cc([N+](=O)[O-])ccc3n2CC(=O)OC)c1. The number of benzene rings is 2. The van der Waals surface area contributed by atoms with Gasteiger partial charge in [0.25, 0.3) is 11.6 Å². The van der Waals surface area contributed by atoms with Gasteiger partial charge in [-0.3, -0.25) is 19.7 Å². The van der Waals surface area contributed by atoms with Crippen molar-refractivity contribution < 1.29 is 24.0 Å². The lowest BCUT2D eigenvalue weighted by Crippen LogP contribution is -2.22. The van der Waals surface area contributed by atoms with Gasteiger partial charge >= 0.3 is 5.97 Å². The van der Waals surface area contributed by atoms with Gasteiger partial charge in [-0.15, -0.1) is 0 Å². The maximum Gasteiger partial charge on any atom is 0.325 e. The van der Waals surface area contributed by atoms with Gasteiger partial charge in [-0.1, -0.05) is 37.2 Å². The summed E-state index contributed by atoms with van der Waals surface area (Å²) in [4.78, 5) is 39.8. The normalized spacial score (nSPS) is 11.5. The molecule has 0 aliphatic heterocycles. The molecule has 0 fully saturated rings. The molecule has 1 heterocycles. The summed E-state index contributed by atoms with van der Waals surface area (Å²) in [5, 5.41) is 11.1. The van der Waals surface area contributed by atoms with Gasteiger partial charge in [-0.25, -0.2) is 0 Å². The van der Waals surface area contributed by atoms with Gasteiger partial charge in [0.05, 0.1) is 28.9 Å². The second kappa shape index (κ2) is 10.7. The molecule has 32 heavy (non-hydrogen) atoms. The number of carbonyl (C=O) groups excluding carboxylic acids is 2. The number of hydrogen-bond acceptors (Lipinski definition) is 7. The Labute approximate surface area is 188 Å². The molecule has 2 aromatic carbocycles. The zero-order chi connectivity index (χ0) is 23.1. The molecule has 0 saturated carbocycles. The molecule has 0 atom stereocenters. The number of fused-ring (bicyclic) bond motifs is 1. The highest BCUT2D eigenvalue weighted by atomic mass is 32.1. The van der Waals surface area contributed by atoms with Crippen LogP contribution in [0.1, 0.15) is 36.5 Å². The second-order valence-corrected chi connectivity index (χ2v) is 7.97. The first-order valence-corrected chi connectivity index (χ1v) is 10.9. The van der Waals surface area contributed by atoms with Crippen LogP contribution < -0.4 is 9.54 Å². The first-order valence-electron chi connectivity index (χ1n) is 10.1. The number of nitrogens with zero attached hydrogens (tertiary/aromatic N) is 3. The number of nitro groups is 1. The highest BCUT2D eigenvalue weighted by molar-refractivity contribution is 7.16. The van der Waals surface area contributed by atoms with Crippen LogP contribution >= 0.6 is 11.3 Å². The zero-order valence-electron chi connectivity index (χ0n) is 17.8. The van der Waals surface area contributed by atoms with Crippen molar-refractivity contribution in [1.82, 2.24) is 4.57 Å². The summed E-state index contributed by atoms with van der Waals surface area (Å²) in [6.07, 6.45) is 3.09. The average Bonchev–Trinajstić information content (AvgIpc) is 3.12. The van der Waals surface area contributed by atoms with Crippen LogP contribution in [0.2, 0.25) is 0 Å². The summed E-state index contributed by atoms with van der Waals surface area (Å²) in [5.74, 6) is -0.459. The summed E-state index contributed by atoms with van der Waals surface area (Å²) >= 11 is 1.09. The van der Waals surface area contributed by atoms with Crippen LogP contribution in [0.15, 0.2) is 47.5 Å². The Morgan fingerprint density at radius 1 is 1.19 bits per heavy atom. The fourth-order valence-corrected chi connectivity index (χ4v) is 4.08. The number of nitro benzene ring substituents is 1. The van der Waals surface area contributed by atoms with E-state index in [1.54, 1.807) is 24.3 Å². The van der Waals surface area contributed by atoms with Crippen molar-refractivity contribution >= 4 is 39.1 Å². The number of ether oxygens (including phenoxy) is 2. The van der Waals surface area contributed by atoms with Crippen LogP contribution in [0.25, 0.3) is 10.2 Å². The fraction of sp³-hybridized carbons (Fsp3) is 0.318. The maximum absolute atomic E-state index is 12.8. The molecule has 0 aliphatic rings. The third-order valence-electron chi connectivity index (χ3n) is 4.69. The number of aromatic nitrogens is 1. The van der Waals surface area contributed by atoms with Crippen LogP contribution in [0.4, 0.5) is 5.69 Å². The highest BCUT2D eigenvalue weighted by Gasteiger charge is 2.15. The largest absolute Gasteiger partial charge is 0.494 e. The molecule has 1 aromatic heterocycles. The Balaban J connectivity index is 1.97. The van der Waals surface area contributed by atoms with Crippen molar-refractivity contribution in [2.24, 2.45) is 4.99 Å². The van der Waals surface area contributed by atoms with Gasteiger partial charge in [0.2, 0.25) is 0 Å². The van der Waals surface area contributed by atoms with Crippen LogP contribution in [0, 0.1) is 10.1 Å². The van der Waals surface area contributed by atoms with Crippen LogP contribution in [-0.4, -0.2) is 35.1 Å². The van der Waals surface area contributed by atoms with Crippen LogP contribution in [0.5, 0.6) is 5.75 Å². The monoisotopic (exact) mass is 457 g/mol. The van der Waals surface area contributed by atoms with Crippen molar-refractivity contribution in [3.63, 3.8) is 0 Å². The predicted molar refractivity (Wildman–Crippen MR) is 120 cm³/mol. The highest BCUT2D eigenvalue weighted by Crippen LogP contribution is 2.23. The summed E-state index contributed by atoms with van der Waals surface area (Å²) in [5.41, 5.74) is 0.798. The number of amides is 1. The van der Waals surface area contributed by atoms with Crippen LogP contribution in [0.3, 0.4) is 0 Å². The van der Waals surface area contributed by atoms with Crippen molar-refractivity contribution in [3.05, 3.63) is 62.9 Å². The molecule has 3 aromatic rings. The maximum atomic E-state index is 12.8. The van der Waals surface area contributed by atoms with E-state index in [1.165, 1.54) is 29.9 Å². The molecule has 0 unspecified atom stereocenters. The third-order valence-corrected chi connectivity index (χ3v) is 5.73. The van der Waals surface area contributed by atoms with E-state index in [0.29, 0.717) is 28.1 Å². The van der Waals surface area contributed by atoms with E-state index < -0.39 is 16.8 Å². The van der Waals surface area contributed by atoms with E-state index in [0.717, 1.165) is 30.6 Å². The molecule has 9 nitrogen and oxygen atoms in total. The number of hydrogen-bond donors (Lipinski definition) is 0. The molecule has 1 amide bonds. The number of non-ortho nitro benzene ring substituents is 1. The van der Waals surface area contributed by atoms with E-state index in [2.05, 4.69) is 11.9 Å². The van der Waals surface area contributed by atoms with Crippen molar-refractivity contribution in [2.45, 2.75) is 32.7 Å². The summed E-state index contributed by atoms with van der Waals surface area (Å²) < 4.78 is 12.5. The Hall–Kier alpha value is -3.53. The Morgan fingerprint density at radius 3 is 2.72 bits per heavy atom. The van der Waals surface area contributed by atoms with Gasteiger partial charge in [0.15, 0.2) is 4.80 Å². The first-order chi connectivity index (χ1) is 15.4. The number of methoxy groups -OCH3 is 1. The smallest absolute Gasteiger partial charge is 0.325 e.